The number of nitrogens with one attached hydrogen (secondary N) is 1. The average Bonchev–Trinajstić information content (AvgIpc) is 2.70. The molecule has 0 spiro atoms. The number of halogens is 4. The highest BCUT2D eigenvalue weighted by molar-refractivity contribution is 5.80. The predicted molar refractivity (Wildman–Crippen MR) is 97.4 cm³/mol. The van der Waals surface area contributed by atoms with Gasteiger partial charge < -0.3 is 15.1 Å². The van der Waals surface area contributed by atoms with Crippen molar-refractivity contribution >= 4 is 11.9 Å². The highest BCUT2D eigenvalue weighted by atomic mass is 19.4. The highest BCUT2D eigenvalue weighted by Crippen LogP contribution is 2.32. The Morgan fingerprint density at radius 2 is 1.82 bits per heavy atom. The molecule has 0 unspecified atom stereocenters. The fourth-order valence-electron chi connectivity index (χ4n) is 3.05. The molecule has 0 radical (unpaired) electrons. The number of benzene rings is 1. The van der Waals surface area contributed by atoms with E-state index in [-0.39, 0.29) is 12.1 Å². The van der Waals surface area contributed by atoms with Crippen LogP contribution < -0.4 is 10.2 Å². The van der Waals surface area contributed by atoms with E-state index in [0.29, 0.717) is 44.2 Å². The van der Waals surface area contributed by atoms with Gasteiger partial charge in [0.25, 0.3) is 0 Å². The van der Waals surface area contributed by atoms with Crippen molar-refractivity contribution in [3.05, 3.63) is 53.6 Å². The fraction of sp³-hybridized carbons (Fsp3) is 0.389. The Balaban J connectivity index is 1.62. The maximum atomic E-state index is 13.2. The van der Waals surface area contributed by atoms with Crippen molar-refractivity contribution < 1.29 is 17.6 Å². The first-order valence-corrected chi connectivity index (χ1v) is 8.71. The SMILES string of the molecule is CN=C(NCc1ccc(F)cc1C(F)(F)F)N1CCN(c2ncccn2)CC1. The van der Waals surface area contributed by atoms with E-state index in [1.165, 1.54) is 0 Å². The van der Waals surface area contributed by atoms with Crippen LogP contribution in [0.15, 0.2) is 41.7 Å². The van der Waals surface area contributed by atoms with Crippen molar-refractivity contribution in [2.75, 3.05) is 38.1 Å². The van der Waals surface area contributed by atoms with E-state index in [9.17, 15) is 17.6 Å². The van der Waals surface area contributed by atoms with Crippen LogP contribution in [0.25, 0.3) is 0 Å². The summed E-state index contributed by atoms with van der Waals surface area (Å²) in [5.74, 6) is 0.219. The van der Waals surface area contributed by atoms with Gasteiger partial charge in [-0.3, -0.25) is 4.99 Å². The smallest absolute Gasteiger partial charge is 0.352 e. The van der Waals surface area contributed by atoms with Crippen molar-refractivity contribution in [3.8, 4) is 0 Å². The molecular formula is C18H20F4N6. The predicted octanol–water partition coefficient (Wildman–Crippen LogP) is 2.53. The third-order valence-corrected chi connectivity index (χ3v) is 4.44. The van der Waals surface area contributed by atoms with Gasteiger partial charge in [0.05, 0.1) is 5.56 Å². The van der Waals surface area contributed by atoms with Gasteiger partial charge in [-0.2, -0.15) is 13.2 Å². The molecule has 1 aromatic heterocycles. The summed E-state index contributed by atoms with van der Waals surface area (Å²) >= 11 is 0. The quantitative estimate of drug-likeness (QED) is 0.491. The van der Waals surface area contributed by atoms with Crippen LogP contribution >= 0.6 is 0 Å². The molecule has 28 heavy (non-hydrogen) atoms. The van der Waals surface area contributed by atoms with Crippen LogP contribution in [-0.2, 0) is 12.7 Å². The van der Waals surface area contributed by atoms with Gasteiger partial charge in [0.1, 0.15) is 5.82 Å². The molecule has 0 saturated carbocycles. The summed E-state index contributed by atoms with van der Waals surface area (Å²) in [6.45, 7) is 2.45. The monoisotopic (exact) mass is 396 g/mol. The lowest BCUT2D eigenvalue weighted by Crippen LogP contribution is -2.52. The highest BCUT2D eigenvalue weighted by Gasteiger charge is 2.33. The summed E-state index contributed by atoms with van der Waals surface area (Å²) in [5.41, 5.74) is -1.02. The lowest BCUT2D eigenvalue weighted by molar-refractivity contribution is -0.138. The summed E-state index contributed by atoms with van der Waals surface area (Å²) < 4.78 is 52.7. The molecule has 1 aromatic carbocycles. The first-order chi connectivity index (χ1) is 13.4. The second kappa shape index (κ2) is 8.41. The maximum Gasteiger partial charge on any atom is 0.416 e. The summed E-state index contributed by atoms with van der Waals surface area (Å²) in [5, 5.41) is 2.95. The second-order valence-electron chi connectivity index (χ2n) is 6.22. The molecule has 1 N–H and O–H groups in total. The number of aromatic nitrogens is 2. The molecule has 3 rings (SSSR count). The third-order valence-electron chi connectivity index (χ3n) is 4.44. The van der Waals surface area contributed by atoms with Crippen molar-refractivity contribution in [2.45, 2.75) is 12.7 Å². The zero-order valence-electron chi connectivity index (χ0n) is 15.2. The summed E-state index contributed by atoms with van der Waals surface area (Å²) in [6.07, 6.45) is -1.27. The minimum Gasteiger partial charge on any atom is -0.352 e. The van der Waals surface area contributed by atoms with E-state index >= 15 is 0 Å². The molecule has 0 atom stereocenters. The minimum absolute atomic E-state index is 0.0358. The van der Waals surface area contributed by atoms with Crippen molar-refractivity contribution in [1.82, 2.24) is 20.2 Å². The maximum absolute atomic E-state index is 13.2. The van der Waals surface area contributed by atoms with Gasteiger partial charge in [-0.25, -0.2) is 14.4 Å². The number of anilines is 1. The van der Waals surface area contributed by atoms with Crippen molar-refractivity contribution in [3.63, 3.8) is 0 Å². The number of guanidine groups is 1. The van der Waals surface area contributed by atoms with E-state index in [2.05, 4.69) is 20.3 Å². The number of nitrogens with zero attached hydrogens (tertiary/aromatic N) is 5. The third kappa shape index (κ3) is 4.68. The molecule has 1 fully saturated rings. The van der Waals surface area contributed by atoms with Crippen LogP contribution in [0, 0.1) is 5.82 Å². The second-order valence-corrected chi connectivity index (χ2v) is 6.22. The average molecular weight is 396 g/mol. The number of alkyl halides is 3. The molecule has 0 aliphatic carbocycles. The molecule has 2 heterocycles. The summed E-state index contributed by atoms with van der Waals surface area (Å²) in [7, 11) is 1.57. The van der Waals surface area contributed by atoms with Gasteiger partial charge in [-0.05, 0) is 23.8 Å². The molecule has 1 aliphatic rings. The van der Waals surface area contributed by atoms with E-state index in [4.69, 9.17) is 0 Å². The Hall–Kier alpha value is -2.91. The number of hydrogen-bond donors (Lipinski definition) is 1. The van der Waals surface area contributed by atoms with Crippen LogP contribution in [0.1, 0.15) is 11.1 Å². The van der Waals surface area contributed by atoms with Crippen LogP contribution in [0.5, 0.6) is 0 Å². The van der Waals surface area contributed by atoms with Gasteiger partial charge >= 0.3 is 6.18 Å². The van der Waals surface area contributed by atoms with Gasteiger partial charge in [0.2, 0.25) is 5.95 Å². The van der Waals surface area contributed by atoms with E-state index in [1.54, 1.807) is 25.5 Å². The molecule has 150 valence electrons. The molecule has 0 bridgehead atoms. The van der Waals surface area contributed by atoms with E-state index < -0.39 is 17.6 Å². The number of rotatable bonds is 3. The zero-order valence-corrected chi connectivity index (χ0v) is 15.2. The topological polar surface area (TPSA) is 56.7 Å². The number of piperazine rings is 1. The summed E-state index contributed by atoms with van der Waals surface area (Å²) in [4.78, 5) is 16.6. The van der Waals surface area contributed by atoms with Crippen LogP contribution in [0.2, 0.25) is 0 Å². The first kappa shape index (κ1) is 19.8. The van der Waals surface area contributed by atoms with Gasteiger partial charge in [0.15, 0.2) is 5.96 Å². The molecule has 0 amide bonds. The van der Waals surface area contributed by atoms with Gasteiger partial charge in [0, 0.05) is 52.2 Å². The normalized spacial score (nSPS) is 15.7. The Morgan fingerprint density at radius 3 is 2.43 bits per heavy atom. The molecule has 6 nitrogen and oxygen atoms in total. The summed E-state index contributed by atoms with van der Waals surface area (Å²) in [6, 6.07) is 4.42. The fourth-order valence-corrected chi connectivity index (χ4v) is 3.05. The lowest BCUT2D eigenvalue weighted by Gasteiger charge is -2.36. The van der Waals surface area contributed by atoms with Gasteiger partial charge in [-0.15, -0.1) is 0 Å². The largest absolute Gasteiger partial charge is 0.416 e. The Bertz CT molecular complexity index is 817. The first-order valence-electron chi connectivity index (χ1n) is 8.71. The number of hydrogen-bond acceptors (Lipinski definition) is 4. The lowest BCUT2D eigenvalue weighted by atomic mass is 10.1. The molecule has 1 aliphatic heterocycles. The molecule has 10 heteroatoms. The molecule has 1 saturated heterocycles. The van der Waals surface area contributed by atoms with Crippen LogP contribution in [0.3, 0.4) is 0 Å². The van der Waals surface area contributed by atoms with Gasteiger partial charge in [-0.1, -0.05) is 6.07 Å². The number of aliphatic imine (C=N–C) groups is 1. The van der Waals surface area contributed by atoms with Crippen LogP contribution in [-0.4, -0.2) is 54.1 Å². The standard InChI is InChI=1S/C18H20F4N6/c1-23-16(26-12-13-3-4-14(19)11-15(13)18(20,21)22)27-7-9-28(10-8-27)17-24-5-2-6-25-17/h2-6,11H,7-10,12H2,1H3,(H,23,26). The molecule has 2 aromatic rings. The van der Waals surface area contributed by atoms with Crippen molar-refractivity contribution in [1.29, 1.82) is 0 Å². The minimum atomic E-state index is -4.62. The van der Waals surface area contributed by atoms with E-state index in [0.717, 1.165) is 12.1 Å². The van der Waals surface area contributed by atoms with Crippen LogP contribution in [0.4, 0.5) is 23.5 Å². The van der Waals surface area contributed by atoms with E-state index in [1.807, 2.05) is 9.80 Å². The Kier molecular flexibility index (Phi) is 5.96. The van der Waals surface area contributed by atoms with Crippen molar-refractivity contribution in [2.24, 2.45) is 4.99 Å². The molecular weight excluding hydrogens is 376 g/mol. The Morgan fingerprint density at radius 1 is 1.14 bits per heavy atom. The zero-order chi connectivity index (χ0) is 20.1. The Labute approximate surface area is 159 Å².